The maximum absolute atomic E-state index is 13.0. The summed E-state index contributed by atoms with van der Waals surface area (Å²) >= 11 is 2.12. The van der Waals surface area contributed by atoms with E-state index in [2.05, 4.69) is 22.6 Å². The molecule has 1 aliphatic heterocycles. The van der Waals surface area contributed by atoms with Gasteiger partial charge >= 0.3 is 5.97 Å². The summed E-state index contributed by atoms with van der Waals surface area (Å²) in [6.07, 6.45) is -0.746. The smallest absolute Gasteiger partial charge is 0.307 e. The van der Waals surface area contributed by atoms with Crippen molar-refractivity contribution in [1.29, 1.82) is 0 Å². The fraction of sp³-hybridized carbons (Fsp3) is 0.480. The highest BCUT2D eigenvalue weighted by atomic mass is 127. The number of hydrogen-bond donors (Lipinski definition) is 1. The molecule has 1 unspecified atom stereocenters. The Morgan fingerprint density at radius 3 is 2.03 bits per heavy atom. The van der Waals surface area contributed by atoms with Crippen LogP contribution in [0.4, 0.5) is 0 Å². The van der Waals surface area contributed by atoms with Crippen LogP contribution in [-0.2, 0) is 9.53 Å². The van der Waals surface area contributed by atoms with E-state index in [1.807, 2.05) is 26.8 Å². The average molecular weight is 586 g/mol. The van der Waals surface area contributed by atoms with Crippen LogP contribution >= 0.6 is 22.6 Å². The molecular weight excluding hydrogens is 555 g/mol. The third-order valence-corrected chi connectivity index (χ3v) is 6.17. The molecule has 186 valence electrons. The number of benzene rings is 2. The molecule has 0 spiro atoms. The van der Waals surface area contributed by atoms with Crippen molar-refractivity contribution in [3.63, 3.8) is 0 Å². The molecule has 2 aromatic rings. The molecule has 2 atom stereocenters. The highest BCUT2D eigenvalue weighted by Gasteiger charge is 2.31. The van der Waals surface area contributed by atoms with Crippen LogP contribution in [0.15, 0.2) is 24.3 Å². The SMILES string of the molecule is COc1cc([C@@H](CC(=O)OC(C)(C)C)c2cc3c(cc2C(O)CI)OCO3)cc(OC)c1OC. The molecule has 0 saturated heterocycles. The Morgan fingerprint density at radius 2 is 1.56 bits per heavy atom. The molecule has 1 N–H and O–H groups in total. The van der Waals surface area contributed by atoms with Gasteiger partial charge in [-0.2, -0.15) is 0 Å². The number of esters is 1. The Hall–Kier alpha value is -2.40. The lowest BCUT2D eigenvalue weighted by Crippen LogP contribution is -2.25. The van der Waals surface area contributed by atoms with Crippen molar-refractivity contribution in [2.75, 3.05) is 32.5 Å². The van der Waals surface area contributed by atoms with Crippen molar-refractivity contribution >= 4 is 28.6 Å². The number of halogens is 1. The molecule has 0 aliphatic carbocycles. The van der Waals surface area contributed by atoms with E-state index in [4.69, 9.17) is 28.4 Å². The maximum atomic E-state index is 13.0. The maximum Gasteiger partial charge on any atom is 0.307 e. The minimum absolute atomic E-state index is 0.0243. The predicted molar refractivity (Wildman–Crippen MR) is 135 cm³/mol. The van der Waals surface area contributed by atoms with Crippen LogP contribution in [-0.4, -0.2) is 49.2 Å². The zero-order valence-electron chi connectivity index (χ0n) is 20.3. The zero-order valence-corrected chi connectivity index (χ0v) is 22.4. The summed E-state index contributed by atoms with van der Waals surface area (Å²) < 4.78 is 33.8. The van der Waals surface area contributed by atoms with Crippen LogP contribution < -0.4 is 23.7 Å². The van der Waals surface area contributed by atoms with Crippen molar-refractivity contribution in [1.82, 2.24) is 0 Å². The van der Waals surface area contributed by atoms with Crippen molar-refractivity contribution < 1.29 is 38.3 Å². The number of methoxy groups -OCH3 is 3. The Labute approximate surface area is 213 Å². The molecule has 8 nitrogen and oxygen atoms in total. The van der Waals surface area contributed by atoms with E-state index in [1.165, 1.54) is 21.3 Å². The molecule has 0 bridgehead atoms. The van der Waals surface area contributed by atoms with Gasteiger partial charge in [0, 0.05) is 10.3 Å². The first-order valence-corrected chi connectivity index (χ1v) is 12.3. The van der Waals surface area contributed by atoms with E-state index in [-0.39, 0.29) is 19.2 Å². The summed E-state index contributed by atoms with van der Waals surface area (Å²) in [6, 6.07) is 7.22. The van der Waals surface area contributed by atoms with E-state index in [1.54, 1.807) is 18.2 Å². The minimum atomic E-state index is -0.770. The van der Waals surface area contributed by atoms with Gasteiger partial charge in [0.2, 0.25) is 12.5 Å². The highest BCUT2D eigenvalue weighted by Crippen LogP contribution is 2.46. The van der Waals surface area contributed by atoms with Crippen LogP contribution in [0, 0.1) is 0 Å². The van der Waals surface area contributed by atoms with Crippen molar-refractivity contribution in [3.8, 4) is 28.7 Å². The molecule has 0 amide bonds. The van der Waals surface area contributed by atoms with Gasteiger partial charge in [-0.3, -0.25) is 4.79 Å². The molecule has 9 heteroatoms. The molecule has 34 heavy (non-hydrogen) atoms. The molecular formula is C25H31IO8. The van der Waals surface area contributed by atoms with Gasteiger partial charge in [0.1, 0.15) is 5.60 Å². The normalized spacial score (nSPS) is 14.4. The minimum Gasteiger partial charge on any atom is -0.493 e. The fourth-order valence-corrected chi connectivity index (χ4v) is 4.38. The summed E-state index contributed by atoms with van der Waals surface area (Å²) in [7, 11) is 4.61. The second kappa shape index (κ2) is 10.9. The number of hydrogen-bond acceptors (Lipinski definition) is 8. The monoisotopic (exact) mass is 586 g/mol. The Morgan fingerprint density at radius 1 is 1.00 bits per heavy atom. The first-order chi connectivity index (χ1) is 16.1. The third-order valence-electron chi connectivity index (χ3n) is 5.34. The zero-order chi connectivity index (χ0) is 25.0. The lowest BCUT2D eigenvalue weighted by Gasteiger charge is -2.26. The number of ether oxygens (including phenoxy) is 6. The number of aliphatic hydroxyl groups excluding tert-OH is 1. The van der Waals surface area contributed by atoms with Gasteiger partial charge in [0.15, 0.2) is 23.0 Å². The van der Waals surface area contributed by atoms with Gasteiger partial charge in [0.05, 0.1) is 33.9 Å². The molecule has 0 saturated carbocycles. The van der Waals surface area contributed by atoms with Crippen molar-refractivity contribution in [2.24, 2.45) is 0 Å². The van der Waals surface area contributed by atoms with E-state index in [9.17, 15) is 9.90 Å². The molecule has 0 aromatic heterocycles. The van der Waals surface area contributed by atoms with E-state index in [0.29, 0.717) is 38.7 Å². The molecule has 1 aliphatic rings. The van der Waals surface area contributed by atoms with Crippen LogP contribution in [0.5, 0.6) is 28.7 Å². The topological polar surface area (TPSA) is 92.7 Å². The van der Waals surface area contributed by atoms with E-state index in [0.717, 1.165) is 11.1 Å². The molecule has 0 radical (unpaired) electrons. The lowest BCUT2D eigenvalue weighted by molar-refractivity contribution is -0.155. The number of aliphatic hydroxyl groups is 1. The first kappa shape index (κ1) is 26.2. The van der Waals surface area contributed by atoms with Crippen LogP contribution in [0.2, 0.25) is 0 Å². The lowest BCUT2D eigenvalue weighted by atomic mass is 9.83. The van der Waals surface area contributed by atoms with Crippen LogP contribution in [0.3, 0.4) is 0 Å². The summed E-state index contributed by atoms with van der Waals surface area (Å²) in [6.45, 7) is 5.57. The second-order valence-electron chi connectivity index (χ2n) is 8.81. The summed E-state index contributed by atoms with van der Waals surface area (Å²) in [5.74, 6) is 1.61. The highest BCUT2D eigenvalue weighted by molar-refractivity contribution is 14.1. The third kappa shape index (κ3) is 5.80. The van der Waals surface area contributed by atoms with Gasteiger partial charge < -0.3 is 33.5 Å². The Balaban J connectivity index is 2.21. The fourth-order valence-electron chi connectivity index (χ4n) is 3.91. The standard InChI is InChI=1S/C25H31IO8/c1-25(2,3)34-23(28)11-15(14-7-21(29-4)24(31-6)22(8-14)30-5)16-9-19-20(33-13-32-19)10-17(16)18(27)12-26/h7-10,15,18,27H,11-13H2,1-6H3/t15-,18?/m1/s1. The summed E-state index contributed by atoms with van der Waals surface area (Å²) in [5, 5.41) is 10.9. The molecule has 3 rings (SSSR count). The molecule has 1 heterocycles. The summed E-state index contributed by atoms with van der Waals surface area (Å²) in [5.41, 5.74) is 1.48. The molecule has 2 aromatic carbocycles. The second-order valence-corrected chi connectivity index (χ2v) is 9.69. The van der Waals surface area contributed by atoms with Crippen LogP contribution in [0.1, 0.15) is 55.9 Å². The van der Waals surface area contributed by atoms with Crippen molar-refractivity contribution in [3.05, 3.63) is 41.0 Å². The number of carbonyl (C=O) groups excluding carboxylic acids is 1. The first-order valence-electron chi connectivity index (χ1n) is 10.8. The van der Waals surface area contributed by atoms with Crippen molar-refractivity contribution in [2.45, 2.75) is 44.8 Å². The van der Waals surface area contributed by atoms with Crippen LogP contribution in [0.25, 0.3) is 0 Å². The number of fused-ring (bicyclic) bond motifs is 1. The quantitative estimate of drug-likeness (QED) is 0.255. The van der Waals surface area contributed by atoms with E-state index >= 15 is 0 Å². The molecule has 0 fully saturated rings. The van der Waals surface area contributed by atoms with Gasteiger partial charge in [0.25, 0.3) is 0 Å². The number of rotatable bonds is 9. The Bertz CT molecular complexity index is 1010. The van der Waals surface area contributed by atoms with Gasteiger partial charge in [-0.15, -0.1) is 0 Å². The predicted octanol–water partition coefficient (Wildman–Crippen LogP) is 4.77. The van der Waals surface area contributed by atoms with E-state index < -0.39 is 17.6 Å². The van der Waals surface area contributed by atoms with Gasteiger partial charge in [-0.05, 0) is 61.7 Å². The van der Waals surface area contributed by atoms with Gasteiger partial charge in [-0.25, -0.2) is 0 Å². The number of carbonyl (C=O) groups is 1. The number of alkyl halides is 1. The van der Waals surface area contributed by atoms with Gasteiger partial charge in [-0.1, -0.05) is 22.6 Å². The summed E-state index contributed by atoms with van der Waals surface area (Å²) in [4.78, 5) is 13.0. The Kier molecular flexibility index (Phi) is 8.40. The average Bonchev–Trinajstić information content (AvgIpc) is 3.26. The largest absolute Gasteiger partial charge is 0.493 e.